The van der Waals surface area contributed by atoms with E-state index < -0.39 is 10.0 Å². The zero-order valence-electron chi connectivity index (χ0n) is 13.4. The van der Waals surface area contributed by atoms with Crippen LogP contribution in [0.4, 0.5) is 5.69 Å². The smallest absolute Gasteiger partial charge is 0.251 e. The summed E-state index contributed by atoms with van der Waals surface area (Å²) in [5.74, 6) is 0.381. The predicted molar refractivity (Wildman–Crippen MR) is 90.6 cm³/mol. The highest BCUT2D eigenvalue weighted by molar-refractivity contribution is 7.92. The lowest BCUT2D eigenvalue weighted by Gasteiger charge is -2.20. The first-order valence-corrected chi connectivity index (χ1v) is 9.07. The molecule has 0 aliphatic rings. The molecule has 0 unspecified atom stereocenters. The van der Waals surface area contributed by atoms with E-state index in [1.54, 1.807) is 24.3 Å². The van der Waals surface area contributed by atoms with Crippen LogP contribution in [0.1, 0.15) is 30.6 Å². The maximum absolute atomic E-state index is 12.0. The number of carbonyl (C=O) groups excluding carboxylic acids is 1. The third-order valence-electron chi connectivity index (χ3n) is 3.12. The highest BCUT2D eigenvalue weighted by Crippen LogP contribution is 2.18. The molecule has 1 rings (SSSR count). The summed E-state index contributed by atoms with van der Waals surface area (Å²) in [5.41, 5.74) is 1.03. The van der Waals surface area contributed by atoms with Crippen LogP contribution in [0.2, 0.25) is 0 Å². The van der Waals surface area contributed by atoms with Crippen molar-refractivity contribution in [2.45, 2.75) is 20.3 Å². The highest BCUT2D eigenvalue weighted by atomic mass is 32.2. The average molecular weight is 324 g/mol. The first-order chi connectivity index (χ1) is 10.3. The van der Waals surface area contributed by atoms with Gasteiger partial charge in [-0.1, -0.05) is 19.9 Å². The zero-order valence-corrected chi connectivity index (χ0v) is 14.2. The van der Waals surface area contributed by atoms with Crippen LogP contribution in [0.5, 0.6) is 0 Å². The van der Waals surface area contributed by atoms with Crippen molar-refractivity contribution in [2.24, 2.45) is 5.92 Å². The lowest BCUT2D eigenvalue weighted by atomic mass is 10.1. The topological polar surface area (TPSA) is 66.5 Å². The molecule has 1 aromatic rings. The van der Waals surface area contributed by atoms with Gasteiger partial charge in [-0.3, -0.25) is 9.10 Å². The molecular weight excluding hydrogens is 300 g/mol. The van der Waals surface area contributed by atoms with Crippen molar-refractivity contribution in [3.05, 3.63) is 42.5 Å². The third-order valence-corrected chi connectivity index (χ3v) is 4.28. The summed E-state index contributed by atoms with van der Waals surface area (Å²) in [6.45, 7) is 8.58. The number of carbonyl (C=O) groups is 1. The Morgan fingerprint density at radius 1 is 1.32 bits per heavy atom. The molecule has 0 spiro atoms. The molecule has 0 fully saturated rings. The van der Waals surface area contributed by atoms with E-state index in [4.69, 9.17) is 0 Å². The Morgan fingerprint density at radius 3 is 2.36 bits per heavy atom. The van der Waals surface area contributed by atoms with E-state index in [-0.39, 0.29) is 12.5 Å². The van der Waals surface area contributed by atoms with Gasteiger partial charge in [-0.15, -0.1) is 6.58 Å². The molecule has 1 amide bonds. The fourth-order valence-corrected chi connectivity index (χ4v) is 2.79. The van der Waals surface area contributed by atoms with Crippen molar-refractivity contribution in [2.75, 3.05) is 23.7 Å². The van der Waals surface area contributed by atoms with E-state index in [0.717, 1.165) is 12.7 Å². The Bertz CT molecular complexity index is 607. The predicted octanol–water partition coefficient (Wildman–Crippen LogP) is 2.41. The van der Waals surface area contributed by atoms with Crippen molar-refractivity contribution in [1.29, 1.82) is 0 Å². The van der Waals surface area contributed by atoms with Crippen molar-refractivity contribution in [3.63, 3.8) is 0 Å². The minimum Gasteiger partial charge on any atom is -0.352 e. The lowest BCUT2D eigenvalue weighted by Crippen LogP contribution is -2.30. The van der Waals surface area contributed by atoms with Crippen molar-refractivity contribution >= 4 is 21.6 Å². The summed E-state index contributed by atoms with van der Waals surface area (Å²) >= 11 is 0. The van der Waals surface area contributed by atoms with Gasteiger partial charge in [-0.25, -0.2) is 8.42 Å². The molecule has 1 aromatic carbocycles. The monoisotopic (exact) mass is 324 g/mol. The molecule has 1 N–H and O–H groups in total. The second-order valence-corrected chi connectivity index (χ2v) is 7.47. The van der Waals surface area contributed by atoms with Crippen LogP contribution in [0.15, 0.2) is 36.9 Å². The van der Waals surface area contributed by atoms with Gasteiger partial charge in [0.15, 0.2) is 0 Å². The summed E-state index contributed by atoms with van der Waals surface area (Å²) in [7, 11) is -3.38. The van der Waals surface area contributed by atoms with Gasteiger partial charge in [0.1, 0.15) is 0 Å². The van der Waals surface area contributed by atoms with Crippen molar-refractivity contribution < 1.29 is 13.2 Å². The molecule has 0 saturated heterocycles. The maximum Gasteiger partial charge on any atom is 0.251 e. The number of rotatable bonds is 8. The van der Waals surface area contributed by atoms with Crippen molar-refractivity contribution in [1.82, 2.24) is 5.32 Å². The van der Waals surface area contributed by atoms with E-state index in [1.165, 1.54) is 10.4 Å². The Labute approximate surface area is 133 Å². The summed E-state index contributed by atoms with van der Waals surface area (Å²) in [5, 5.41) is 2.85. The molecule has 0 atom stereocenters. The standard InChI is InChI=1S/C16H24N2O3S/c1-5-12-18(22(4,20)21)15-8-6-14(7-9-15)16(19)17-11-10-13(2)3/h5-9,13H,1,10-12H2,2-4H3,(H,17,19). The molecule has 0 saturated carbocycles. The quantitative estimate of drug-likeness (QED) is 0.747. The minimum atomic E-state index is -3.38. The van der Waals surface area contributed by atoms with Crippen LogP contribution in [0.25, 0.3) is 0 Å². The normalized spacial score (nSPS) is 11.3. The third kappa shape index (κ3) is 5.52. The van der Waals surface area contributed by atoms with Gasteiger partial charge < -0.3 is 5.32 Å². The molecule has 0 bridgehead atoms. The zero-order chi connectivity index (χ0) is 16.8. The number of nitrogens with zero attached hydrogens (tertiary/aromatic N) is 1. The van der Waals surface area contributed by atoms with Gasteiger partial charge >= 0.3 is 0 Å². The Kier molecular flexibility index (Phi) is 6.61. The van der Waals surface area contributed by atoms with Gasteiger partial charge in [0, 0.05) is 12.1 Å². The number of hydrogen-bond acceptors (Lipinski definition) is 3. The number of nitrogens with one attached hydrogen (secondary N) is 1. The summed E-state index contributed by atoms with van der Waals surface area (Å²) < 4.78 is 24.7. The van der Waals surface area contributed by atoms with Gasteiger partial charge in [-0.2, -0.15) is 0 Å². The molecule has 0 aromatic heterocycles. The summed E-state index contributed by atoms with van der Waals surface area (Å²) in [6.07, 6.45) is 3.58. The van der Waals surface area contributed by atoms with Gasteiger partial charge in [-0.05, 0) is 36.6 Å². The van der Waals surface area contributed by atoms with E-state index in [2.05, 4.69) is 25.7 Å². The fourth-order valence-electron chi connectivity index (χ4n) is 1.91. The minimum absolute atomic E-state index is 0.151. The number of anilines is 1. The number of amides is 1. The summed E-state index contributed by atoms with van der Waals surface area (Å²) in [6, 6.07) is 6.51. The first-order valence-electron chi connectivity index (χ1n) is 7.22. The maximum atomic E-state index is 12.0. The Balaban J connectivity index is 2.81. The van der Waals surface area contributed by atoms with Gasteiger partial charge in [0.05, 0.1) is 18.5 Å². The van der Waals surface area contributed by atoms with Crippen LogP contribution in [-0.4, -0.2) is 33.7 Å². The van der Waals surface area contributed by atoms with Crippen LogP contribution >= 0.6 is 0 Å². The van der Waals surface area contributed by atoms with E-state index in [0.29, 0.717) is 23.7 Å². The van der Waals surface area contributed by atoms with Gasteiger partial charge in [0.25, 0.3) is 5.91 Å². The largest absolute Gasteiger partial charge is 0.352 e. The van der Waals surface area contributed by atoms with E-state index in [9.17, 15) is 13.2 Å². The molecule has 0 aliphatic heterocycles. The van der Waals surface area contributed by atoms with Crippen LogP contribution in [0, 0.1) is 5.92 Å². The average Bonchev–Trinajstić information content (AvgIpc) is 2.43. The van der Waals surface area contributed by atoms with Crippen molar-refractivity contribution in [3.8, 4) is 0 Å². The molecule has 6 heteroatoms. The molecule has 0 heterocycles. The second-order valence-electron chi connectivity index (χ2n) is 5.57. The molecular formula is C16H24N2O3S. The number of sulfonamides is 1. The SMILES string of the molecule is C=CCN(c1ccc(C(=O)NCCC(C)C)cc1)S(C)(=O)=O. The fraction of sp³-hybridized carbons (Fsp3) is 0.438. The second kappa shape index (κ2) is 7.98. The van der Waals surface area contributed by atoms with E-state index >= 15 is 0 Å². The molecule has 0 radical (unpaired) electrons. The Hall–Kier alpha value is -1.82. The lowest BCUT2D eigenvalue weighted by molar-refractivity contribution is 0.0952. The molecule has 0 aliphatic carbocycles. The van der Waals surface area contributed by atoms with Gasteiger partial charge in [0.2, 0.25) is 10.0 Å². The van der Waals surface area contributed by atoms with Crippen LogP contribution < -0.4 is 9.62 Å². The molecule has 5 nitrogen and oxygen atoms in total. The number of hydrogen-bond donors (Lipinski definition) is 1. The highest BCUT2D eigenvalue weighted by Gasteiger charge is 2.16. The van der Waals surface area contributed by atoms with Crippen LogP contribution in [0.3, 0.4) is 0 Å². The molecule has 122 valence electrons. The van der Waals surface area contributed by atoms with Crippen LogP contribution in [-0.2, 0) is 10.0 Å². The summed E-state index contributed by atoms with van der Waals surface area (Å²) in [4.78, 5) is 12.0. The first kappa shape index (κ1) is 18.2. The van der Waals surface area contributed by atoms with E-state index in [1.807, 2.05) is 0 Å². The number of benzene rings is 1. The Morgan fingerprint density at radius 2 is 1.91 bits per heavy atom. The molecule has 22 heavy (non-hydrogen) atoms.